The van der Waals surface area contributed by atoms with Gasteiger partial charge in [0.25, 0.3) is 0 Å². The van der Waals surface area contributed by atoms with Gasteiger partial charge in [-0.15, -0.1) is 0 Å². The van der Waals surface area contributed by atoms with Crippen LogP contribution in [0.3, 0.4) is 0 Å². The molecule has 0 aliphatic rings. The summed E-state index contributed by atoms with van der Waals surface area (Å²) < 4.78 is 12.8. The number of rotatable bonds is 4. The third-order valence-corrected chi connectivity index (χ3v) is 2.78. The van der Waals surface area contributed by atoms with E-state index in [2.05, 4.69) is 9.97 Å². The highest BCUT2D eigenvalue weighted by Crippen LogP contribution is 2.11. The highest BCUT2D eigenvalue weighted by Gasteiger charge is 2.07. The Balaban J connectivity index is 2.15. The molecular formula is C13H13FN4S. The number of hydrogen-bond donors (Lipinski definition) is 1. The van der Waals surface area contributed by atoms with Crippen molar-refractivity contribution in [1.29, 1.82) is 0 Å². The first-order chi connectivity index (χ1) is 9.06. The second kappa shape index (κ2) is 5.71. The Morgan fingerprint density at radius 2 is 2.00 bits per heavy atom. The number of nitrogens with two attached hydrogens (primary N) is 1. The Morgan fingerprint density at radius 1 is 1.32 bits per heavy atom. The van der Waals surface area contributed by atoms with E-state index in [1.165, 1.54) is 12.1 Å². The largest absolute Gasteiger partial charge is 0.388 e. The molecular weight excluding hydrogens is 263 g/mol. The molecule has 0 fully saturated rings. The molecule has 0 unspecified atom stereocenters. The molecule has 2 rings (SSSR count). The molecule has 1 aromatic heterocycles. The van der Waals surface area contributed by atoms with E-state index in [-0.39, 0.29) is 10.8 Å². The van der Waals surface area contributed by atoms with Crippen molar-refractivity contribution >= 4 is 23.2 Å². The van der Waals surface area contributed by atoms with Gasteiger partial charge in [0.1, 0.15) is 16.5 Å². The van der Waals surface area contributed by atoms with E-state index in [9.17, 15) is 4.39 Å². The number of halogens is 1. The van der Waals surface area contributed by atoms with E-state index in [0.29, 0.717) is 18.2 Å². The van der Waals surface area contributed by atoms with Gasteiger partial charge in [0.2, 0.25) is 5.95 Å². The molecule has 0 saturated heterocycles. The van der Waals surface area contributed by atoms with Crippen molar-refractivity contribution < 1.29 is 4.39 Å². The van der Waals surface area contributed by atoms with Gasteiger partial charge in [0.15, 0.2) is 0 Å². The zero-order chi connectivity index (χ0) is 13.8. The summed E-state index contributed by atoms with van der Waals surface area (Å²) in [6.07, 6.45) is 1.61. The summed E-state index contributed by atoms with van der Waals surface area (Å²) in [6.45, 7) is 0.571. The molecule has 2 aromatic rings. The van der Waals surface area contributed by atoms with Gasteiger partial charge in [0.05, 0.1) is 0 Å². The Hall–Kier alpha value is -2.08. The van der Waals surface area contributed by atoms with E-state index >= 15 is 0 Å². The second-order valence-electron chi connectivity index (χ2n) is 4.09. The molecule has 1 aromatic carbocycles. The lowest BCUT2D eigenvalue weighted by Gasteiger charge is -2.17. The number of nitrogens with zero attached hydrogens (tertiary/aromatic N) is 3. The van der Waals surface area contributed by atoms with Crippen LogP contribution in [0.5, 0.6) is 0 Å². The number of benzene rings is 1. The number of anilines is 1. The van der Waals surface area contributed by atoms with E-state index in [0.717, 1.165) is 5.56 Å². The fourth-order valence-electron chi connectivity index (χ4n) is 1.60. The van der Waals surface area contributed by atoms with Crippen molar-refractivity contribution in [1.82, 2.24) is 9.97 Å². The van der Waals surface area contributed by atoms with Crippen LogP contribution >= 0.6 is 12.2 Å². The van der Waals surface area contributed by atoms with Crippen molar-refractivity contribution in [3.63, 3.8) is 0 Å². The van der Waals surface area contributed by atoms with E-state index in [1.54, 1.807) is 24.4 Å². The van der Waals surface area contributed by atoms with Gasteiger partial charge in [-0.3, -0.25) is 0 Å². The van der Waals surface area contributed by atoms with Crippen molar-refractivity contribution in [3.8, 4) is 0 Å². The molecule has 0 bridgehead atoms. The van der Waals surface area contributed by atoms with Crippen molar-refractivity contribution in [2.45, 2.75) is 6.54 Å². The predicted octanol–water partition coefficient (Wildman–Crippen LogP) is 1.89. The minimum Gasteiger partial charge on any atom is -0.388 e. The lowest BCUT2D eigenvalue weighted by Crippen LogP contribution is -2.21. The first-order valence-electron chi connectivity index (χ1n) is 5.64. The normalized spacial score (nSPS) is 10.2. The van der Waals surface area contributed by atoms with Gasteiger partial charge in [-0.1, -0.05) is 24.4 Å². The molecule has 0 atom stereocenters. The van der Waals surface area contributed by atoms with Crippen LogP contribution in [-0.4, -0.2) is 22.0 Å². The van der Waals surface area contributed by atoms with Crippen molar-refractivity contribution in [2.75, 3.05) is 11.9 Å². The Bertz CT molecular complexity index is 585. The van der Waals surface area contributed by atoms with Gasteiger partial charge >= 0.3 is 0 Å². The van der Waals surface area contributed by atoms with E-state index in [1.807, 2.05) is 11.9 Å². The Kier molecular flexibility index (Phi) is 4.01. The van der Waals surface area contributed by atoms with Crippen molar-refractivity contribution in [3.05, 3.63) is 53.6 Å². The number of aromatic nitrogens is 2. The first kappa shape index (κ1) is 13.4. The highest BCUT2D eigenvalue weighted by molar-refractivity contribution is 7.80. The van der Waals surface area contributed by atoms with Crippen LogP contribution in [0.15, 0.2) is 36.5 Å². The van der Waals surface area contributed by atoms with E-state index < -0.39 is 0 Å². The van der Waals surface area contributed by atoms with Gasteiger partial charge in [0, 0.05) is 19.8 Å². The second-order valence-corrected chi connectivity index (χ2v) is 4.53. The quantitative estimate of drug-likeness (QED) is 0.864. The predicted molar refractivity (Wildman–Crippen MR) is 76.4 cm³/mol. The standard InChI is InChI=1S/C13H13FN4S/c1-18(8-9-2-4-10(14)5-3-9)13-16-7-6-11(17-13)12(15)19/h2-7H,8H2,1H3,(H2,15,19). The lowest BCUT2D eigenvalue weighted by molar-refractivity contribution is 0.627. The minimum atomic E-state index is -0.252. The molecule has 0 amide bonds. The summed E-state index contributed by atoms with van der Waals surface area (Å²) in [4.78, 5) is 10.5. The summed E-state index contributed by atoms with van der Waals surface area (Å²) in [5.41, 5.74) is 7.03. The molecule has 2 N–H and O–H groups in total. The third kappa shape index (κ3) is 3.45. The van der Waals surface area contributed by atoms with Gasteiger partial charge < -0.3 is 10.6 Å². The summed E-state index contributed by atoms with van der Waals surface area (Å²) in [6, 6.07) is 7.97. The Labute approximate surface area is 116 Å². The number of hydrogen-bond acceptors (Lipinski definition) is 4. The fraction of sp³-hybridized carbons (Fsp3) is 0.154. The van der Waals surface area contributed by atoms with Crippen LogP contribution < -0.4 is 10.6 Å². The SMILES string of the molecule is CN(Cc1ccc(F)cc1)c1nccc(C(N)=S)n1. The van der Waals surface area contributed by atoms with Crippen LogP contribution in [0.25, 0.3) is 0 Å². The Morgan fingerprint density at radius 3 is 2.63 bits per heavy atom. The molecule has 98 valence electrons. The molecule has 19 heavy (non-hydrogen) atoms. The van der Waals surface area contributed by atoms with Crippen molar-refractivity contribution in [2.24, 2.45) is 5.73 Å². The van der Waals surface area contributed by atoms with Crippen LogP contribution in [0.4, 0.5) is 10.3 Å². The van der Waals surface area contributed by atoms with Crippen LogP contribution in [0, 0.1) is 5.82 Å². The lowest BCUT2D eigenvalue weighted by atomic mass is 10.2. The van der Waals surface area contributed by atoms with Gasteiger partial charge in [-0.25, -0.2) is 14.4 Å². The topological polar surface area (TPSA) is 55.0 Å². The maximum atomic E-state index is 12.8. The summed E-state index contributed by atoms with van der Waals surface area (Å²) in [7, 11) is 1.85. The summed E-state index contributed by atoms with van der Waals surface area (Å²) in [5.74, 6) is 0.271. The summed E-state index contributed by atoms with van der Waals surface area (Å²) >= 11 is 4.88. The molecule has 0 spiro atoms. The molecule has 6 heteroatoms. The van der Waals surface area contributed by atoms with Gasteiger partial charge in [-0.05, 0) is 23.8 Å². The monoisotopic (exact) mass is 276 g/mol. The van der Waals surface area contributed by atoms with Crippen LogP contribution in [0.1, 0.15) is 11.3 Å². The fourth-order valence-corrected chi connectivity index (χ4v) is 1.72. The van der Waals surface area contributed by atoms with Crippen LogP contribution in [-0.2, 0) is 6.54 Å². The molecule has 0 radical (unpaired) electrons. The maximum absolute atomic E-state index is 12.8. The molecule has 0 saturated carbocycles. The zero-order valence-corrected chi connectivity index (χ0v) is 11.2. The molecule has 4 nitrogen and oxygen atoms in total. The maximum Gasteiger partial charge on any atom is 0.225 e. The van der Waals surface area contributed by atoms with Gasteiger partial charge in [-0.2, -0.15) is 0 Å². The minimum absolute atomic E-state index is 0.235. The first-order valence-corrected chi connectivity index (χ1v) is 6.05. The van der Waals surface area contributed by atoms with E-state index in [4.69, 9.17) is 18.0 Å². The third-order valence-electron chi connectivity index (χ3n) is 2.57. The summed E-state index contributed by atoms with van der Waals surface area (Å²) in [5, 5.41) is 0. The smallest absolute Gasteiger partial charge is 0.225 e. The highest BCUT2D eigenvalue weighted by atomic mass is 32.1. The average Bonchev–Trinajstić information content (AvgIpc) is 2.41. The molecule has 0 aliphatic carbocycles. The molecule has 1 heterocycles. The average molecular weight is 276 g/mol. The zero-order valence-electron chi connectivity index (χ0n) is 10.4. The van der Waals surface area contributed by atoms with Crippen LogP contribution in [0.2, 0.25) is 0 Å². The number of thiocarbonyl (C=S) groups is 1. The molecule has 0 aliphatic heterocycles.